The molecule has 6 nitrogen and oxygen atoms in total. The number of allylic oxidation sites excluding steroid dienone is 1. The molecule has 0 atom stereocenters. The maximum atomic E-state index is 11.3. The van der Waals surface area contributed by atoms with Crippen molar-refractivity contribution in [2.75, 3.05) is 13.2 Å². The number of nitrogens with two attached hydrogens (primary N) is 1. The SMILES string of the molecule is CCOC(=O)C(N)=C([B]O)C=NC1CC(CO)C1. The van der Waals surface area contributed by atoms with E-state index in [0.717, 1.165) is 20.3 Å². The first-order valence-corrected chi connectivity index (χ1v) is 5.90. The Labute approximate surface area is 107 Å². The Bertz CT molecular complexity index is 351. The van der Waals surface area contributed by atoms with Crippen molar-refractivity contribution in [3.8, 4) is 0 Å². The molecule has 0 amide bonds. The highest BCUT2D eigenvalue weighted by Gasteiger charge is 2.27. The van der Waals surface area contributed by atoms with Gasteiger partial charge in [0.05, 0.1) is 12.6 Å². The molecule has 0 saturated heterocycles. The monoisotopic (exact) mass is 253 g/mol. The number of aliphatic hydroxyl groups excluding tert-OH is 1. The Balaban J connectivity index is 2.58. The van der Waals surface area contributed by atoms with Gasteiger partial charge in [-0.15, -0.1) is 0 Å². The Morgan fingerprint density at radius 2 is 2.28 bits per heavy atom. The number of esters is 1. The van der Waals surface area contributed by atoms with Gasteiger partial charge in [-0.05, 0) is 31.2 Å². The number of rotatable bonds is 6. The average molecular weight is 253 g/mol. The molecular formula is C11H18BN2O4. The van der Waals surface area contributed by atoms with E-state index in [1.54, 1.807) is 6.92 Å². The molecule has 0 heterocycles. The van der Waals surface area contributed by atoms with E-state index in [9.17, 15) is 4.79 Å². The van der Waals surface area contributed by atoms with Crippen molar-refractivity contribution in [2.24, 2.45) is 16.6 Å². The van der Waals surface area contributed by atoms with Crippen molar-refractivity contribution in [3.05, 3.63) is 11.2 Å². The molecule has 7 heteroatoms. The van der Waals surface area contributed by atoms with Crippen molar-refractivity contribution >= 4 is 19.7 Å². The van der Waals surface area contributed by atoms with Crippen LogP contribution in [0.5, 0.6) is 0 Å². The zero-order valence-corrected chi connectivity index (χ0v) is 10.4. The minimum Gasteiger partial charge on any atom is -0.461 e. The first-order chi connectivity index (χ1) is 8.62. The second-order valence-electron chi connectivity index (χ2n) is 4.17. The largest absolute Gasteiger partial charge is 0.461 e. The molecule has 1 saturated carbocycles. The molecule has 0 aromatic rings. The summed E-state index contributed by atoms with van der Waals surface area (Å²) in [7, 11) is 0.734. The summed E-state index contributed by atoms with van der Waals surface area (Å²) in [6.07, 6.45) is 2.99. The van der Waals surface area contributed by atoms with Crippen molar-refractivity contribution in [2.45, 2.75) is 25.8 Å². The second-order valence-corrected chi connectivity index (χ2v) is 4.17. The lowest BCUT2D eigenvalue weighted by atomic mass is 9.81. The van der Waals surface area contributed by atoms with Crippen molar-refractivity contribution in [1.29, 1.82) is 0 Å². The fourth-order valence-electron chi connectivity index (χ4n) is 1.66. The third kappa shape index (κ3) is 3.85. The maximum absolute atomic E-state index is 11.3. The number of aliphatic imine (C=N–C) groups is 1. The van der Waals surface area contributed by atoms with Crippen LogP contribution >= 0.6 is 0 Å². The molecule has 0 spiro atoms. The number of aliphatic hydroxyl groups is 1. The number of carbonyl (C=O) groups is 1. The summed E-state index contributed by atoms with van der Waals surface area (Å²) in [4.78, 5) is 15.5. The molecule has 1 rings (SSSR count). The van der Waals surface area contributed by atoms with E-state index < -0.39 is 5.97 Å². The maximum Gasteiger partial charge on any atom is 0.353 e. The van der Waals surface area contributed by atoms with Gasteiger partial charge in [0.15, 0.2) is 0 Å². The summed E-state index contributed by atoms with van der Waals surface area (Å²) in [6.45, 7) is 2.06. The van der Waals surface area contributed by atoms with Crippen LogP contribution in [-0.4, -0.2) is 49.1 Å². The Hall–Kier alpha value is -1.34. The summed E-state index contributed by atoms with van der Waals surface area (Å²) in [5.74, 6) is -0.369. The van der Waals surface area contributed by atoms with Gasteiger partial charge in [-0.2, -0.15) is 0 Å². The van der Waals surface area contributed by atoms with E-state index in [4.69, 9.17) is 20.6 Å². The summed E-state index contributed by atoms with van der Waals surface area (Å²) < 4.78 is 4.72. The van der Waals surface area contributed by atoms with Gasteiger partial charge in [-0.1, -0.05) is 0 Å². The van der Waals surface area contributed by atoms with Gasteiger partial charge in [0, 0.05) is 12.8 Å². The highest BCUT2D eigenvalue weighted by Crippen LogP contribution is 2.29. The van der Waals surface area contributed by atoms with Gasteiger partial charge in [0.1, 0.15) is 5.70 Å². The lowest BCUT2D eigenvalue weighted by Crippen LogP contribution is -2.30. The van der Waals surface area contributed by atoms with Crippen LogP contribution in [-0.2, 0) is 9.53 Å². The summed E-state index contributed by atoms with van der Waals surface area (Å²) in [6, 6.07) is 0.118. The molecule has 0 unspecified atom stereocenters. The van der Waals surface area contributed by atoms with Crippen molar-refractivity contribution in [3.63, 3.8) is 0 Å². The van der Waals surface area contributed by atoms with Gasteiger partial charge in [0.2, 0.25) is 0 Å². The average Bonchev–Trinajstić information content (AvgIpc) is 2.32. The number of nitrogens with zero attached hydrogens (tertiary/aromatic N) is 1. The van der Waals surface area contributed by atoms with Gasteiger partial charge >= 0.3 is 13.5 Å². The van der Waals surface area contributed by atoms with E-state index in [2.05, 4.69) is 4.99 Å². The third-order valence-electron chi connectivity index (χ3n) is 2.84. The third-order valence-corrected chi connectivity index (χ3v) is 2.84. The van der Waals surface area contributed by atoms with E-state index in [1.165, 1.54) is 6.21 Å². The zero-order chi connectivity index (χ0) is 13.5. The predicted molar refractivity (Wildman–Crippen MR) is 67.9 cm³/mol. The van der Waals surface area contributed by atoms with Gasteiger partial charge in [0.25, 0.3) is 0 Å². The molecule has 4 N–H and O–H groups in total. The Morgan fingerprint density at radius 3 is 2.78 bits per heavy atom. The van der Waals surface area contributed by atoms with E-state index in [1.807, 2.05) is 0 Å². The van der Waals surface area contributed by atoms with Crippen LogP contribution < -0.4 is 5.73 Å². The van der Waals surface area contributed by atoms with Crippen molar-refractivity contribution < 1.29 is 19.7 Å². The minimum atomic E-state index is -0.675. The number of hydrogen-bond donors (Lipinski definition) is 3. The van der Waals surface area contributed by atoms with Crippen LogP contribution in [0.15, 0.2) is 16.2 Å². The lowest BCUT2D eigenvalue weighted by Gasteiger charge is -2.30. The van der Waals surface area contributed by atoms with E-state index in [0.29, 0.717) is 5.92 Å². The van der Waals surface area contributed by atoms with Gasteiger partial charge in [-0.3, -0.25) is 4.99 Å². The summed E-state index contributed by atoms with van der Waals surface area (Å²) >= 11 is 0. The van der Waals surface area contributed by atoms with Crippen LogP contribution in [0.1, 0.15) is 19.8 Å². The topological polar surface area (TPSA) is 105 Å². The first-order valence-electron chi connectivity index (χ1n) is 5.90. The van der Waals surface area contributed by atoms with Crippen LogP contribution in [0.25, 0.3) is 0 Å². The number of ether oxygens (including phenoxy) is 1. The van der Waals surface area contributed by atoms with Crippen molar-refractivity contribution in [1.82, 2.24) is 0 Å². The number of hydrogen-bond acceptors (Lipinski definition) is 6. The molecule has 1 fully saturated rings. The number of carbonyl (C=O) groups excluding carboxylic acids is 1. The van der Waals surface area contributed by atoms with Crippen LogP contribution in [0.4, 0.5) is 0 Å². The molecule has 0 bridgehead atoms. The van der Waals surface area contributed by atoms with Gasteiger partial charge in [-0.25, -0.2) is 4.79 Å². The molecule has 0 aliphatic heterocycles. The predicted octanol–water partition coefficient (Wildman–Crippen LogP) is -0.827. The van der Waals surface area contributed by atoms with Gasteiger partial charge < -0.3 is 20.6 Å². The Kier molecular flexibility index (Phi) is 5.87. The fourth-order valence-corrected chi connectivity index (χ4v) is 1.66. The molecule has 0 aromatic carbocycles. The smallest absolute Gasteiger partial charge is 0.353 e. The van der Waals surface area contributed by atoms with Crippen LogP contribution in [0, 0.1) is 5.92 Å². The van der Waals surface area contributed by atoms with E-state index >= 15 is 0 Å². The fraction of sp³-hybridized carbons (Fsp3) is 0.636. The molecular weight excluding hydrogens is 235 g/mol. The first kappa shape index (κ1) is 14.7. The standard InChI is InChI=1S/C11H18BN2O4/c1-2-18-11(16)10(13)9(12-17)5-14-8-3-7(4-8)6-15/h5,7-8,15,17H,2-4,6,13H2,1H3. The highest BCUT2D eigenvalue weighted by molar-refractivity contribution is 6.46. The molecule has 1 radical (unpaired) electrons. The normalized spacial score (nSPS) is 24.4. The van der Waals surface area contributed by atoms with Crippen LogP contribution in [0.3, 0.4) is 0 Å². The second kappa shape index (κ2) is 7.18. The summed E-state index contributed by atoms with van der Waals surface area (Å²) in [5, 5.41) is 17.9. The molecule has 18 heavy (non-hydrogen) atoms. The van der Waals surface area contributed by atoms with Crippen LogP contribution in [0.2, 0.25) is 0 Å². The molecule has 1 aliphatic carbocycles. The zero-order valence-electron chi connectivity index (χ0n) is 10.4. The highest BCUT2D eigenvalue weighted by atomic mass is 16.5. The molecule has 1 aliphatic rings. The van der Waals surface area contributed by atoms with E-state index in [-0.39, 0.29) is 30.4 Å². The summed E-state index contributed by atoms with van der Waals surface area (Å²) in [5.41, 5.74) is 5.51. The molecule has 0 aromatic heterocycles. The minimum absolute atomic E-state index is 0.118. The Morgan fingerprint density at radius 1 is 1.61 bits per heavy atom. The lowest BCUT2D eigenvalue weighted by molar-refractivity contribution is -0.138. The quantitative estimate of drug-likeness (QED) is 0.248. The molecule has 99 valence electrons.